The maximum absolute atomic E-state index is 9.53. The molecule has 0 amide bonds. The van der Waals surface area contributed by atoms with Crippen LogP contribution < -0.4 is 0 Å². The van der Waals surface area contributed by atoms with Crippen molar-refractivity contribution in [2.75, 3.05) is 21.3 Å². The van der Waals surface area contributed by atoms with E-state index in [1.165, 1.54) is 0 Å². The van der Waals surface area contributed by atoms with Crippen LogP contribution in [0.2, 0.25) is 6.04 Å². The van der Waals surface area contributed by atoms with Crippen LogP contribution in [0.1, 0.15) is 26.7 Å². The van der Waals surface area contributed by atoms with Gasteiger partial charge in [-0.1, -0.05) is 0 Å². The number of hydrogen-bond donors (Lipinski definition) is 1. The van der Waals surface area contributed by atoms with Crippen LogP contribution in [0.5, 0.6) is 0 Å². The largest absolute Gasteiger partial charge is 0.500 e. The van der Waals surface area contributed by atoms with Crippen molar-refractivity contribution in [1.82, 2.24) is 0 Å². The van der Waals surface area contributed by atoms with Crippen LogP contribution in [0.15, 0.2) is 0 Å². The Balaban J connectivity index is 3.95. The monoisotopic (exact) mass is 222 g/mol. The summed E-state index contributed by atoms with van der Waals surface area (Å²) in [7, 11) is 2.37. The molecule has 4 nitrogen and oxygen atoms in total. The Hall–Kier alpha value is 0.0569. The molecule has 0 fully saturated rings. The van der Waals surface area contributed by atoms with Gasteiger partial charge in [0.05, 0.1) is 5.60 Å². The fourth-order valence-corrected chi connectivity index (χ4v) is 3.02. The third-order valence-corrected chi connectivity index (χ3v) is 5.04. The molecule has 0 radical (unpaired) electrons. The van der Waals surface area contributed by atoms with Crippen molar-refractivity contribution in [3.63, 3.8) is 0 Å². The summed E-state index contributed by atoms with van der Waals surface area (Å²) >= 11 is 0. The van der Waals surface area contributed by atoms with E-state index in [0.29, 0.717) is 0 Å². The average molecular weight is 222 g/mol. The molecular weight excluding hydrogens is 200 g/mol. The minimum absolute atomic E-state index is 0.630. The van der Waals surface area contributed by atoms with Crippen molar-refractivity contribution in [2.45, 2.75) is 38.3 Å². The first kappa shape index (κ1) is 14.1. The quantitative estimate of drug-likeness (QED) is 0.662. The highest BCUT2D eigenvalue weighted by atomic mass is 28.4. The standard InChI is InChI=1S/C9H22O4Si/c1-9(2,10)7-6-8-14(11-3,12-4)13-5/h10H,6-8H2,1-5H3. The summed E-state index contributed by atoms with van der Waals surface area (Å²) in [6.07, 6.45) is 1.56. The summed E-state index contributed by atoms with van der Waals surface area (Å²) in [5.74, 6) is 0. The Morgan fingerprint density at radius 1 is 1.07 bits per heavy atom. The Morgan fingerprint density at radius 2 is 1.50 bits per heavy atom. The van der Waals surface area contributed by atoms with Crippen molar-refractivity contribution in [2.24, 2.45) is 0 Å². The lowest BCUT2D eigenvalue weighted by Crippen LogP contribution is -2.42. The summed E-state index contributed by atoms with van der Waals surface area (Å²) in [5, 5.41) is 9.53. The van der Waals surface area contributed by atoms with Gasteiger partial charge < -0.3 is 18.4 Å². The molecule has 0 aromatic heterocycles. The van der Waals surface area contributed by atoms with Gasteiger partial charge in [-0.05, 0) is 26.7 Å². The lowest BCUT2D eigenvalue weighted by atomic mass is 10.0. The summed E-state index contributed by atoms with van der Waals surface area (Å²) in [6, 6.07) is 0.737. The first-order chi connectivity index (χ1) is 6.39. The fraction of sp³-hybridized carbons (Fsp3) is 1.00. The maximum atomic E-state index is 9.53. The molecule has 0 rings (SSSR count). The van der Waals surface area contributed by atoms with Crippen LogP contribution >= 0.6 is 0 Å². The van der Waals surface area contributed by atoms with E-state index < -0.39 is 14.4 Å². The second-order valence-electron chi connectivity index (χ2n) is 3.96. The fourth-order valence-electron chi connectivity index (χ4n) is 1.29. The van der Waals surface area contributed by atoms with E-state index in [9.17, 15) is 5.11 Å². The smallest absolute Gasteiger partial charge is 0.390 e. The zero-order valence-electron chi connectivity index (χ0n) is 9.79. The van der Waals surface area contributed by atoms with Gasteiger partial charge in [-0.15, -0.1) is 0 Å². The number of hydrogen-bond acceptors (Lipinski definition) is 4. The molecule has 0 aliphatic rings. The van der Waals surface area contributed by atoms with Gasteiger partial charge in [0.25, 0.3) is 0 Å². The van der Waals surface area contributed by atoms with E-state index in [4.69, 9.17) is 13.3 Å². The first-order valence-electron chi connectivity index (χ1n) is 4.77. The molecule has 86 valence electrons. The lowest BCUT2D eigenvalue weighted by molar-refractivity contribution is 0.0667. The zero-order chi connectivity index (χ0) is 11.2. The van der Waals surface area contributed by atoms with Crippen molar-refractivity contribution in [3.05, 3.63) is 0 Å². The van der Waals surface area contributed by atoms with Crippen LogP contribution in [0, 0.1) is 0 Å². The van der Waals surface area contributed by atoms with Crippen LogP contribution in [0.3, 0.4) is 0 Å². The van der Waals surface area contributed by atoms with E-state index in [0.717, 1.165) is 18.9 Å². The Bertz CT molecular complexity index is 143. The average Bonchev–Trinajstić information content (AvgIpc) is 2.11. The molecule has 0 saturated heterocycles. The van der Waals surface area contributed by atoms with Gasteiger partial charge in [-0.3, -0.25) is 0 Å². The SMILES string of the molecule is CO[Si](CCCC(C)(C)O)(OC)OC. The Kier molecular flexibility index (Phi) is 5.85. The van der Waals surface area contributed by atoms with Gasteiger partial charge in [-0.2, -0.15) is 0 Å². The third kappa shape index (κ3) is 5.07. The van der Waals surface area contributed by atoms with Crippen LogP contribution in [0.4, 0.5) is 0 Å². The topological polar surface area (TPSA) is 47.9 Å². The van der Waals surface area contributed by atoms with E-state index in [1.54, 1.807) is 35.2 Å². The van der Waals surface area contributed by atoms with Crippen molar-refractivity contribution < 1.29 is 18.4 Å². The normalized spacial score (nSPS) is 13.3. The Morgan fingerprint density at radius 3 is 1.79 bits per heavy atom. The minimum Gasteiger partial charge on any atom is -0.390 e. The van der Waals surface area contributed by atoms with E-state index >= 15 is 0 Å². The van der Waals surface area contributed by atoms with E-state index in [1.807, 2.05) is 0 Å². The third-order valence-electron chi connectivity index (χ3n) is 2.20. The zero-order valence-corrected chi connectivity index (χ0v) is 10.8. The van der Waals surface area contributed by atoms with Gasteiger partial charge in [0.2, 0.25) is 0 Å². The molecule has 14 heavy (non-hydrogen) atoms. The van der Waals surface area contributed by atoms with Crippen molar-refractivity contribution in [3.8, 4) is 0 Å². The number of aliphatic hydroxyl groups is 1. The van der Waals surface area contributed by atoms with Crippen LogP contribution in [0.25, 0.3) is 0 Å². The second-order valence-corrected chi connectivity index (χ2v) is 7.05. The van der Waals surface area contributed by atoms with Crippen molar-refractivity contribution in [1.29, 1.82) is 0 Å². The first-order valence-corrected chi connectivity index (χ1v) is 6.70. The summed E-state index contributed by atoms with van der Waals surface area (Å²) in [5.41, 5.74) is -0.630. The molecule has 1 N–H and O–H groups in total. The molecule has 0 saturated carbocycles. The van der Waals surface area contributed by atoms with E-state index in [-0.39, 0.29) is 0 Å². The molecule has 0 spiro atoms. The highest BCUT2D eigenvalue weighted by molar-refractivity contribution is 6.60. The summed E-state index contributed by atoms with van der Waals surface area (Å²) < 4.78 is 15.8. The Labute approximate surface area is 87.5 Å². The minimum atomic E-state index is -2.43. The van der Waals surface area contributed by atoms with Gasteiger partial charge in [-0.25, -0.2) is 0 Å². The van der Waals surface area contributed by atoms with Crippen molar-refractivity contribution >= 4 is 8.80 Å². The molecule has 0 aromatic carbocycles. The molecule has 0 bridgehead atoms. The molecule has 0 aliphatic heterocycles. The maximum Gasteiger partial charge on any atom is 0.500 e. The lowest BCUT2D eigenvalue weighted by Gasteiger charge is -2.25. The van der Waals surface area contributed by atoms with Gasteiger partial charge in [0.1, 0.15) is 0 Å². The highest BCUT2D eigenvalue weighted by Gasteiger charge is 2.37. The summed E-state index contributed by atoms with van der Waals surface area (Å²) in [4.78, 5) is 0. The van der Waals surface area contributed by atoms with Crippen LogP contribution in [-0.2, 0) is 13.3 Å². The van der Waals surface area contributed by atoms with E-state index in [2.05, 4.69) is 0 Å². The molecule has 0 heterocycles. The van der Waals surface area contributed by atoms with Gasteiger partial charge in [0, 0.05) is 27.4 Å². The van der Waals surface area contributed by atoms with Gasteiger partial charge in [0.15, 0.2) is 0 Å². The number of rotatable bonds is 7. The predicted molar refractivity (Wildman–Crippen MR) is 57.1 cm³/mol. The van der Waals surface area contributed by atoms with Gasteiger partial charge >= 0.3 is 8.80 Å². The van der Waals surface area contributed by atoms with Crippen LogP contribution in [-0.4, -0.2) is 40.8 Å². The molecule has 5 heteroatoms. The molecule has 0 unspecified atom stereocenters. The highest BCUT2D eigenvalue weighted by Crippen LogP contribution is 2.20. The molecular formula is C9H22O4Si. The summed E-state index contributed by atoms with van der Waals surface area (Å²) in [6.45, 7) is 3.59. The predicted octanol–water partition coefficient (Wildman–Crippen LogP) is 1.42. The second kappa shape index (κ2) is 5.82. The molecule has 0 aromatic rings. The molecule has 0 aliphatic carbocycles. The molecule has 0 atom stereocenters.